The molecule has 4 aliphatic rings. The van der Waals surface area contributed by atoms with Crippen molar-refractivity contribution in [1.82, 2.24) is 0 Å². The summed E-state index contributed by atoms with van der Waals surface area (Å²) in [6.07, 6.45) is 0. The van der Waals surface area contributed by atoms with Crippen molar-refractivity contribution in [1.29, 1.82) is 0 Å². The van der Waals surface area contributed by atoms with E-state index in [1.54, 1.807) is 0 Å². The standard InChI is InChI=1S/C106H90B2N2O2/c1-103(2,3)81-51-76(52-82(63-81)104(4,5)6)79-57-94-100-98(61-79)111-96-59-74(68-33-21-14-22-34-68)45-49-88(96)107(100)90-65-91-93(66-92(90)109(94)85-47-43-71(44-48-85)67-31-19-13-20-32-67)110(102-86(72-39-27-17-28-40-72)55-78(70-37-25-16-26-38-70)56-87(102)73-41-29-18-30-42-73)95-58-80(77-53-83(105(7,8)9)64-84(54-77)106(10,11)12)62-99-101(95)108(91)89-50-46-75(60-97(89)112-99)69-35-23-15-24-36-69/h13-66H,1-12H3. The molecular weight excluding hydrogens is 1350 g/mol. The zero-order valence-corrected chi connectivity index (χ0v) is 66.0. The van der Waals surface area contributed by atoms with Gasteiger partial charge in [0.15, 0.2) is 0 Å². The second-order valence-corrected chi connectivity index (χ2v) is 35.3. The average Bonchev–Trinajstić information content (AvgIpc) is 0.686. The molecule has 15 aromatic rings. The van der Waals surface area contributed by atoms with Gasteiger partial charge in [0.1, 0.15) is 23.0 Å². The van der Waals surface area contributed by atoms with E-state index >= 15 is 0 Å². The van der Waals surface area contributed by atoms with Gasteiger partial charge in [0.25, 0.3) is 13.4 Å². The number of ether oxygens (including phenoxy) is 2. The van der Waals surface area contributed by atoms with Crippen LogP contribution in [0.4, 0.5) is 34.1 Å². The molecule has 0 spiro atoms. The van der Waals surface area contributed by atoms with E-state index < -0.39 is 0 Å². The van der Waals surface area contributed by atoms with Gasteiger partial charge >= 0.3 is 0 Å². The first-order valence-corrected chi connectivity index (χ1v) is 39.7. The van der Waals surface area contributed by atoms with Crippen molar-refractivity contribution in [3.8, 4) is 112 Å². The molecule has 0 radical (unpaired) electrons. The molecule has 15 aromatic carbocycles. The maximum absolute atomic E-state index is 7.83. The van der Waals surface area contributed by atoms with Crippen molar-refractivity contribution in [3.63, 3.8) is 0 Å². The second-order valence-electron chi connectivity index (χ2n) is 35.3. The van der Waals surface area contributed by atoms with Crippen molar-refractivity contribution < 1.29 is 9.47 Å². The van der Waals surface area contributed by atoms with E-state index in [-0.39, 0.29) is 35.1 Å². The van der Waals surface area contributed by atoms with Gasteiger partial charge in [-0.1, -0.05) is 344 Å². The highest BCUT2D eigenvalue weighted by Gasteiger charge is 2.49. The summed E-state index contributed by atoms with van der Waals surface area (Å²) in [6.45, 7) is 27.5. The van der Waals surface area contributed by atoms with Gasteiger partial charge in [-0.2, -0.15) is 0 Å². The molecule has 19 rings (SSSR count). The third-order valence-corrected chi connectivity index (χ3v) is 23.7. The van der Waals surface area contributed by atoms with Gasteiger partial charge in [-0.15, -0.1) is 0 Å². The van der Waals surface area contributed by atoms with E-state index in [1.165, 1.54) is 33.2 Å². The van der Waals surface area contributed by atoms with Crippen molar-refractivity contribution in [3.05, 3.63) is 350 Å². The zero-order valence-electron chi connectivity index (χ0n) is 66.0. The van der Waals surface area contributed by atoms with Crippen LogP contribution in [0.25, 0.3) is 89.0 Å². The first kappa shape index (κ1) is 70.0. The first-order chi connectivity index (χ1) is 54.0. The molecule has 112 heavy (non-hydrogen) atoms. The zero-order chi connectivity index (χ0) is 76.7. The molecule has 4 aliphatic heterocycles. The topological polar surface area (TPSA) is 24.9 Å². The number of hydrogen-bond donors (Lipinski definition) is 0. The molecule has 0 fully saturated rings. The molecule has 0 atom stereocenters. The quantitative estimate of drug-likeness (QED) is 0.127. The minimum Gasteiger partial charge on any atom is -0.458 e. The minimum absolute atomic E-state index is 0.132. The van der Waals surface area contributed by atoms with Crippen molar-refractivity contribution in [2.45, 2.75) is 105 Å². The Morgan fingerprint density at radius 2 is 0.509 bits per heavy atom. The van der Waals surface area contributed by atoms with Gasteiger partial charge < -0.3 is 19.3 Å². The minimum atomic E-state index is -0.312. The smallest absolute Gasteiger partial charge is 0.256 e. The molecule has 0 aliphatic carbocycles. The van der Waals surface area contributed by atoms with Crippen LogP contribution in [-0.2, 0) is 21.7 Å². The lowest BCUT2D eigenvalue weighted by molar-refractivity contribution is 0.487. The van der Waals surface area contributed by atoms with E-state index in [1.807, 2.05) is 0 Å². The lowest BCUT2D eigenvalue weighted by Crippen LogP contribution is -2.63. The fourth-order valence-electron chi connectivity index (χ4n) is 17.6. The van der Waals surface area contributed by atoms with Crippen LogP contribution in [-0.4, -0.2) is 13.4 Å². The number of benzene rings is 15. The first-order valence-electron chi connectivity index (χ1n) is 39.7. The number of fused-ring (bicyclic) bond motifs is 8. The van der Waals surface area contributed by atoms with Crippen molar-refractivity contribution in [2.24, 2.45) is 0 Å². The van der Waals surface area contributed by atoms with Crippen LogP contribution in [0.3, 0.4) is 0 Å². The fourth-order valence-corrected chi connectivity index (χ4v) is 17.6. The van der Waals surface area contributed by atoms with E-state index in [0.717, 1.165) is 168 Å². The van der Waals surface area contributed by atoms with Crippen LogP contribution in [0, 0.1) is 0 Å². The van der Waals surface area contributed by atoms with Crippen LogP contribution >= 0.6 is 0 Å². The van der Waals surface area contributed by atoms with Gasteiger partial charge in [0.2, 0.25) is 0 Å². The summed E-state index contributed by atoms with van der Waals surface area (Å²) in [4.78, 5) is 5.28. The summed E-state index contributed by atoms with van der Waals surface area (Å²) in [5.74, 6) is 3.37. The molecule has 0 aromatic heterocycles. The second kappa shape index (κ2) is 26.7. The van der Waals surface area contributed by atoms with E-state index in [4.69, 9.17) is 9.47 Å². The summed E-state index contributed by atoms with van der Waals surface area (Å²) < 4.78 is 15.5. The van der Waals surface area contributed by atoms with Gasteiger partial charge in [-0.05, 0) is 221 Å². The summed E-state index contributed by atoms with van der Waals surface area (Å²) in [6, 6.07) is 123. The molecule has 0 unspecified atom stereocenters. The molecule has 4 heterocycles. The number of rotatable bonds is 10. The largest absolute Gasteiger partial charge is 0.458 e. The lowest BCUT2D eigenvalue weighted by Gasteiger charge is -2.45. The summed E-state index contributed by atoms with van der Waals surface area (Å²) >= 11 is 0. The molecule has 0 saturated heterocycles. The Morgan fingerprint density at radius 1 is 0.214 bits per heavy atom. The van der Waals surface area contributed by atoms with Crippen molar-refractivity contribution >= 4 is 80.3 Å². The Morgan fingerprint density at radius 3 is 0.884 bits per heavy atom. The highest BCUT2D eigenvalue weighted by atomic mass is 16.5. The normalized spacial score (nSPS) is 13.2. The van der Waals surface area contributed by atoms with E-state index in [9.17, 15) is 0 Å². The van der Waals surface area contributed by atoms with Crippen LogP contribution < -0.4 is 52.1 Å². The van der Waals surface area contributed by atoms with Gasteiger partial charge in [0.05, 0.1) is 5.69 Å². The van der Waals surface area contributed by atoms with E-state index in [0.29, 0.717) is 0 Å². The summed E-state index contributed by atoms with van der Waals surface area (Å²) in [5, 5.41) is 0. The Bertz CT molecular complexity index is 6080. The third kappa shape index (κ3) is 12.4. The predicted octanol–water partition coefficient (Wildman–Crippen LogP) is 25.0. The average molecular weight is 1450 g/mol. The maximum Gasteiger partial charge on any atom is 0.256 e. The Hall–Kier alpha value is -12.4. The molecule has 542 valence electrons. The molecule has 0 saturated carbocycles. The molecule has 0 N–H and O–H groups in total. The third-order valence-electron chi connectivity index (χ3n) is 23.7. The van der Waals surface area contributed by atoms with E-state index in [2.05, 4.69) is 420 Å². The molecule has 0 bridgehead atoms. The van der Waals surface area contributed by atoms with Crippen LogP contribution in [0.2, 0.25) is 0 Å². The lowest BCUT2D eigenvalue weighted by atomic mass is 9.30. The van der Waals surface area contributed by atoms with Gasteiger partial charge in [0, 0.05) is 39.6 Å². The Balaban J connectivity index is 0.978. The number of nitrogens with zero attached hydrogens (tertiary/aromatic N) is 2. The summed E-state index contributed by atoms with van der Waals surface area (Å²) in [5.41, 5.74) is 35.7. The fraction of sp³-hybridized carbons (Fsp3) is 0.151. The molecule has 0 amide bonds. The van der Waals surface area contributed by atoms with Crippen LogP contribution in [0.5, 0.6) is 23.0 Å². The highest BCUT2D eigenvalue weighted by Crippen LogP contribution is 2.54. The maximum atomic E-state index is 7.83. The summed E-state index contributed by atoms with van der Waals surface area (Å²) in [7, 11) is 0. The highest BCUT2D eigenvalue weighted by molar-refractivity contribution is 7.02. The Kier molecular flexibility index (Phi) is 16.7. The van der Waals surface area contributed by atoms with Crippen molar-refractivity contribution in [2.75, 3.05) is 9.80 Å². The number of anilines is 6. The molecular formula is C106H90B2N2O2. The van der Waals surface area contributed by atoms with Gasteiger partial charge in [-0.3, -0.25) is 0 Å². The SMILES string of the molecule is CC(C)(C)c1cc(-c2cc3c4c(c2)N(c2ccc(-c5ccccc5)cc2)c2cc5c(cc2B4c2ccc(-c4ccccc4)cc2O3)B2c3ccc(-c4ccccc4)cc3Oc3cc(-c4cc(C(C)(C)C)cc(C(C)(C)C)c4)cc(c32)N5c2c(-c3ccccc3)cc(-c3ccccc3)cc2-c2ccccc2)cc(C(C)(C)C)c1. The Labute approximate surface area is 661 Å². The molecule has 6 heteroatoms. The van der Waals surface area contributed by atoms with Crippen LogP contribution in [0.1, 0.15) is 105 Å². The monoisotopic (exact) mass is 1440 g/mol. The molecule has 4 nitrogen and oxygen atoms in total. The number of hydrogen-bond acceptors (Lipinski definition) is 4. The predicted molar refractivity (Wildman–Crippen MR) is 476 cm³/mol. The van der Waals surface area contributed by atoms with Crippen LogP contribution in [0.15, 0.2) is 328 Å². The van der Waals surface area contributed by atoms with Gasteiger partial charge in [-0.25, -0.2) is 0 Å².